The van der Waals surface area contributed by atoms with E-state index >= 15 is 0 Å². The Balaban J connectivity index is 2.23. The molecule has 0 saturated carbocycles. The van der Waals surface area contributed by atoms with E-state index in [-0.39, 0.29) is 0 Å². The normalized spacial score (nSPS) is 11.0. The molecule has 0 aliphatic heterocycles. The minimum Gasteiger partial charge on any atom is -0.493 e. The van der Waals surface area contributed by atoms with E-state index in [2.05, 4.69) is 4.98 Å². The molecule has 0 aliphatic carbocycles. The quantitative estimate of drug-likeness (QED) is 0.599. The number of benzene rings is 1. The first kappa shape index (κ1) is 15.8. The predicted molar refractivity (Wildman–Crippen MR) is 82.9 cm³/mol. The van der Waals surface area contributed by atoms with Crippen LogP contribution < -0.4 is 9.47 Å². The van der Waals surface area contributed by atoms with Crippen LogP contribution in [0.5, 0.6) is 11.5 Å². The van der Waals surface area contributed by atoms with Gasteiger partial charge in [-0.2, -0.15) is 0 Å². The molecule has 0 radical (unpaired) electrons. The molecule has 0 unspecified atom stereocenters. The maximum atomic E-state index is 5.49. The molecule has 2 rings (SSSR count). The van der Waals surface area contributed by atoms with Crippen LogP contribution in [0.1, 0.15) is 0 Å². The zero-order chi connectivity index (χ0) is 15.2. The number of imidazole rings is 1. The van der Waals surface area contributed by atoms with Gasteiger partial charge in [0.1, 0.15) is 0 Å². The molecule has 0 saturated heterocycles. The summed E-state index contributed by atoms with van der Waals surface area (Å²) in [5, 5.41) is 0. The zero-order valence-corrected chi connectivity index (χ0v) is 13.3. The van der Waals surface area contributed by atoms with E-state index in [0.717, 1.165) is 11.0 Å². The molecule has 0 fully saturated rings. The van der Waals surface area contributed by atoms with Gasteiger partial charge >= 0.3 is 0 Å². The molecule has 0 atom stereocenters. The van der Waals surface area contributed by atoms with Crippen molar-refractivity contribution in [3.8, 4) is 11.5 Å². The number of H-pyrrole nitrogens is 1. The van der Waals surface area contributed by atoms with Gasteiger partial charge in [0.15, 0.2) is 16.3 Å². The Kier molecular flexibility index (Phi) is 5.60. The Morgan fingerprint density at radius 1 is 1.05 bits per heavy atom. The summed E-state index contributed by atoms with van der Waals surface area (Å²) >= 11 is 5.36. The van der Waals surface area contributed by atoms with Crippen LogP contribution in [0.2, 0.25) is 0 Å². The first-order valence-corrected chi connectivity index (χ1v) is 7.03. The van der Waals surface area contributed by atoms with E-state index in [9.17, 15) is 0 Å². The molecule has 6 nitrogen and oxygen atoms in total. The van der Waals surface area contributed by atoms with Crippen molar-refractivity contribution in [1.82, 2.24) is 9.55 Å². The van der Waals surface area contributed by atoms with Crippen molar-refractivity contribution in [1.29, 1.82) is 0 Å². The molecule has 1 aromatic heterocycles. The summed E-state index contributed by atoms with van der Waals surface area (Å²) in [4.78, 5) is 3.17. The number of fused-ring (bicyclic) bond motifs is 1. The first-order valence-electron chi connectivity index (χ1n) is 6.62. The Morgan fingerprint density at radius 3 is 2.43 bits per heavy atom. The standard InChI is InChI=1S/C14H20N2O4S/c1-17-6-7-20-5-4-16-11-9-13(19-3)12(18-2)8-10(11)15-14(16)21/h8-9H,4-7H2,1-3H3,(H,15,21). The van der Waals surface area contributed by atoms with E-state index < -0.39 is 0 Å². The molecular formula is C14H20N2O4S. The number of rotatable bonds is 8. The van der Waals surface area contributed by atoms with Gasteiger partial charge in [-0.25, -0.2) is 0 Å². The minimum absolute atomic E-state index is 0.568. The van der Waals surface area contributed by atoms with Gasteiger partial charge in [-0.15, -0.1) is 0 Å². The highest BCUT2D eigenvalue weighted by molar-refractivity contribution is 7.71. The topological polar surface area (TPSA) is 57.6 Å². The molecule has 1 heterocycles. The van der Waals surface area contributed by atoms with Gasteiger partial charge in [-0.1, -0.05) is 0 Å². The fraction of sp³-hybridized carbons (Fsp3) is 0.500. The largest absolute Gasteiger partial charge is 0.493 e. The summed E-state index contributed by atoms with van der Waals surface area (Å²) in [6.45, 7) is 2.39. The highest BCUT2D eigenvalue weighted by Crippen LogP contribution is 2.31. The van der Waals surface area contributed by atoms with Gasteiger partial charge in [0.05, 0.1) is 45.1 Å². The smallest absolute Gasteiger partial charge is 0.178 e. The van der Waals surface area contributed by atoms with Crippen LogP contribution in [-0.2, 0) is 16.0 Å². The number of ether oxygens (including phenoxy) is 4. The maximum absolute atomic E-state index is 5.49. The van der Waals surface area contributed by atoms with Gasteiger partial charge in [0.2, 0.25) is 0 Å². The van der Waals surface area contributed by atoms with Gasteiger partial charge in [0, 0.05) is 25.8 Å². The molecule has 1 N–H and O–H groups in total. The first-order chi connectivity index (χ1) is 10.2. The molecule has 7 heteroatoms. The Bertz CT molecular complexity index is 650. The van der Waals surface area contributed by atoms with Crippen molar-refractivity contribution in [3.05, 3.63) is 16.9 Å². The summed E-state index contributed by atoms with van der Waals surface area (Å²) < 4.78 is 23.7. The minimum atomic E-state index is 0.568. The van der Waals surface area contributed by atoms with Crippen molar-refractivity contribution >= 4 is 23.3 Å². The molecule has 0 bridgehead atoms. The van der Waals surface area contributed by atoms with Crippen molar-refractivity contribution in [2.45, 2.75) is 6.54 Å². The van der Waals surface area contributed by atoms with E-state index in [1.807, 2.05) is 16.7 Å². The predicted octanol–water partition coefficient (Wildman–Crippen LogP) is 2.38. The van der Waals surface area contributed by atoms with Crippen LogP contribution in [-0.4, -0.2) is 50.7 Å². The number of hydrogen-bond acceptors (Lipinski definition) is 5. The molecule has 2 aromatic rings. The summed E-state index contributed by atoms with van der Waals surface area (Å²) in [6.07, 6.45) is 0. The van der Waals surface area contributed by atoms with Crippen molar-refractivity contribution < 1.29 is 18.9 Å². The number of aromatic nitrogens is 2. The van der Waals surface area contributed by atoms with Crippen LogP contribution in [0.15, 0.2) is 12.1 Å². The lowest BCUT2D eigenvalue weighted by Crippen LogP contribution is -2.09. The summed E-state index contributed by atoms with van der Waals surface area (Å²) in [5.74, 6) is 1.35. The number of nitrogens with zero attached hydrogens (tertiary/aromatic N) is 1. The van der Waals surface area contributed by atoms with Crippen LogP contribution in [0.3, 0.4) is 0 Å². The van der Waals surface area contributed by atoms with Crippen LogP contribution in [0, 0.1) is 4.77 Å². The number of aromatic amines is 1. The Labute approximate surface area is 128 Å². The van der Waals surface area contributed by atoms with E-state index in [1.54, 1.807) is 21.3 Å². The molecule has 0 aliphatic rings. The number of nitrogens with one attached hydrogen (secondary N) is 1. The third-order valence-electron chi connectivity index (χ3n) is 3.17. The van der Waals surface area contributed by atoms with Gasteiger partial charge in [0.25, 0.3) is 0 Å². The Hall–Kier alpha value is -1.57. The summed E-state index contributed by atoms with van der Waals surface area (Å²) in [7, 11) is 4.88. The monoisotopic (exact) mass is 312 g/mol. The Morgan fingerprint density at radius 2 is 1.76 bits per heavy atom. The molecule has 21 heavy (non-hydrogen) atoms. The average Bonchev–Trinajstić information content (AvgIpc) is 2.80. The molecule has 116 valence electrons. The van der Waals surface area contributed by atoms with Crippen molar-refractivity contribution in [3.63, 3.8) is 0 Å². The second-order valence-corrected chi connectivity index (χ2v) is 4.80. The SMILES string of the molecule is COCCOCCn1c(=S)[nH]c2cc(OC)c(OC)cc21. The fourth-order valence-corrected chi connectivity index (χ4v) is 2.41. The summed E-state index contributed by atoms with van der Waals surface area (Å²) in [6, 6.07) is 3.79. The van der Waals surface area contributed by atoms with Gasteiger partial charge in [-0.05, 0) is 12.2 Å². The summed E-state index contributed by atoms with van der Waals surface area (Å²) in [5.41, 5.74) is 1.88. The third kappa shape index (κ3) is 3.55. The van der Waals surface area contributed by atoms with Gasteiger partial charge in [-0.3, -0.25) is 0 Å². The maximum Gasteiger partial charge on any atom is 0.178 e. The molecule has 1 aromatic carbocycles. The lowest BCUT2D eigenvalue weighted by atomic mass is 10.2. The molecule has 0 spiro atoms. The lowest BCUT2D eigenvalue weighted by molar-refractivity contribution is 0.0668. The van der Waals surface area contributed by atoms with Gasteiger partial charge < -0.3 is 28.5 Å². The average molecular weight is 312 g/mol. The fourth-order valence-electron chi connectivity index (χ4n) is 2.11. The van der Waals surface area contributed by atoms with Crippen molar-refractivity contribution in [2.75, 3.05) is 41.2 Å². The molecule has 0 amide bonds. The van der Waals surface area contributed by atoms with Crippen LogP contribution in [0.25, 0.3) is 11.0 Å². The molecular weight excluding hydrogens is 292 g/mol. The van der Waals surface area contributed by atoms with E-state index in [0.29, 0.717) is 42.6 Å². The second kappa shape index (κ2) is 7.44. The lowest BCUT2D eigenvalue weighted by Gasteiger charge is -2.09. The van der Waals surface area contributed by atoms with E-state index in [1.165, 1.54) is 0 Å². The highest BCUT2D eigenvalue weighted by Gasteiger charge is 2.11. The highest BCUT2D eigenvalue weighted by atomic mass is 32.1. The van der Waals surface area contributed by atoms with Crippen LogP contribution >= 0.6 is 12.2 Å². The number of hydrogen-bond donors (Lipinski definition) is 1. The second-order valence-electron chi connectivity index (χ2n) is 4.41. The number of methoxy groups -OCH3 is 3. The zero-order valence-electron chi connectivity index (χ0n) is 12.5. The van der Waals surface area contributed by atoms with Crippen LogP contribution in [0.4, 0.5) is 0 Å². The van der Waals surface area contributed by atoms with Crippen molar-refractivity contribution in [2.24, 2.45) is 0 Å². The van der Waals surface area contributed by atoms with E-state index in [4.69, 9.17) is 31.2 Å². The third-order valence-corrected chi connectivity index (χ3v) is 3.49.